The molecule has 0 saturated carbocycles. The summed E-state index contributed by atoms with van der Waals surface area (Å²) in [6, 6.07) is 4.29. The van der Waals surface area contributed by atoms with Crippen molar-refractivity contribution >= 4 is 27.3 Å². The Hall–Kier alpha value is 0.140. The van der Waals surface area contributed by atoms with Crippen molar-refractivity contribution in [1.29, 1.82) is 0 Å². The Morgan fingerprint density at radius 1 is 1.50 bits per heavy atom. The predicted molar refractivity (Wildman–Crippen MR) is 67.7 cm³/mol. The first-order valence-electron chi connectivity index (χ1n) is 4.92. The number of hydrogen-bond acceptors (Lipinski definition) is 2. The third kappa shape index (κ3) is 2.81. The second-order valence-electron chi connectivity index (χ2n) is 4.40. The summed E-state index contributed by atoms with van der Waals surface area (Å²) in [5.41, 5.74) is 6.08. The molecule has 0 radical (unpaired) electrons. The molecule has 0 aliphatic heterocycles. The highest BCUT2D eigenvalue weighted by Gasteiger charge is 2.27. The molecule has 14 heavy (non-hydrogen) atoms. The number of nitrogens with two attached hydrogens (primary N) is 1. The van der Waals surface area contributed by atoms with Crippen molar-refractivity contribution in [3.05, 3.63) is 20.8 Å². The van der Waals surface area contributed by atoms with E-state index < -0.39 is 0 Å². The Morgan fingerprint density at radius 3 is 2.50 bits per heavy atom. The van der Waals surface area contributed by atoms with Gasteiger partial charge < -0.3 is 5.73 Å². The van der Waals surface area contributed by atoms with E-state index in [4.69, 9.17) is 5.73 Å². The van der Waals surface area contributed by atoms with Crippen LogP contribution in [0.1, 0.15) is 25.6 Å². The highest BCUT2D eigenvalue weighted by Crippen LogP contribution is 2.33. The molecule has 1 heterocycles. The maximum Gasteiger partial charge on any atom is 0.0701 e. The minimum atomic E-state index is 0.226. The smallest absolute Gasteiger partial charge is 0.0701 e. The van der Waals surface area contributed by atoms with E-state index in [9.17, 15) is 0 Å². The van der Waals surface area contributed by atoms with Crippen LogP contribution in [0.4, 0.5) is 0 Å². The lowest BCUT2D eigenvalue weighted by Crippen LogP contribution is -2.34. The summed E-state index contributed by atoms with van der Waals surface area (Å²) in [5, 5.41) is 0. The average Bonchev–Trinajstić information content (AvgIpc) is 2.50. The number of rotatable bonds is 4. The van der Waals surface area contributed by atoms with Crippen LogP contribution in [-0.2, 0) is 6.42 Å². The molecule has 0 aromatic carbocycles. The first-order valence-corrected chi connectivity index (χ1v) is 6.53. The SMILES string of the molecule is CC(C)C(C)(CN)Cc1ccc(Br)s1. The third-order valence-corrected chi connectivity index (χ3v) is 4.69. The van der Waals surface area contributed by atoms with Crippen LogP contribution >= 0.6 is 27.3 Å². The number of hydrogen-bond donors (Lipinski definition) is 1. The summed E-state index contributed by atoms with van der Waals surface area (Å²) in [4.78, 5) is 1.42. The Morgan fingerprint density at radius 2 is 2.14 bits per heavy atom. The molecule has 1 unspecified atom stereocenters. The third-order valence-electron chi connectivity index (χ3n) is 3.07. The summed E-state index contributed by atoms with van der Waals surface area (Å²) in [6.07, 6.45) is 1.08. The molecule has 3 heteroatoms. The van der Waals surface area contributed by atoms with Gasteiger partial charge in [-0.25, -0.2) is 0 Å². The molecule has 0 amide bonds. The zero-order valence-electron chi connectivity index (χ0n) is 9.01. The fourth-order valence-corrected chi connectivity index (χ4v) is 3.04. The van der Waals surface area contributed by atoms with Gasteiger partial charge in [0.15, 0.2) is 0 Å². The van der Waals surface area contributed by atoms with E-state index in [1.807, 2.05) is 11.3 Å². The van der Waals surface area contributed by atoms with Crippen molar-refractivity contribution in [2.75, 3.05) is 6.54 Å². The van der Waals surface area contributed by atoms with Crippen molar-refractivity contribution in [2.45, 2.75) is 27.2 Å². The minimum Gasteiger partial charge on any atom is -0.330 e. The van der Waals surface area contributed by atoms with Crippen molar-refractivity contribution in [1.82, 2.24) is 0 Å². The summed E-state index contributed by atoms with van der Waals surface area (Å²) in [6.45, 7) is 7.51. The standard InChI is InChI=1S/C11H18BrNS/c1-8(2)11(3,7-13)6-9-4-5-10(12)14-9/h4-5,8H,6-7,13H2,1-3H3. The second kappa shape index (κ2) is 4.77. The van der Waals surface area contributed by atoms with Crippen LogP contribution in [0.3, 0.4) is 0 Å². The number of halogens is 1. The molecule has 1 nitrogen and oxygen atoms in total. The first-order chi connectivity index (χ1) is 6.48. The lowest BCUT2D eigenvalue weighted by atomic mass is 9.76. The van der Waals surface area contributed by atoms with E-state index in [-0.39, 0.29) is 5.41 Å². The van der Waals surface area contributed by atoms with Gasteiger partial charge in [0.05, 0.1) is 3.79 Å². The van der Waals surface area contributed by atoms with Crippen LogP contribution in [0.5, 0.6) is 0 Å². The van der Waals surface area contributed by atoms with Gasteiger partial charge in [-0.2, -0.15) is 0 Å². The summed E-state index contributed by atoms with van der Waals surface area (Å²) >= 11 is 5.29. The van der Waals surface area contributed by atoms with E-state index in [1.165, 1.54) is 8.66 Å². The average molecular weight is 276 g/mol. The van der Waals surface area contributed by atoms with Gasteiger partial charge >= 0.3 is 0 Å². The van der Waals surface area contributed by atoms with Crippen LogP contribution in [0.25, 0.3) is 0 Å². The van der Waals surface area contributed by atoms with Crippen LogP contribution < -0.4 is 5.73 Å². The molecular formula is C11H18BrNS. The molecule has 2 N–H and O–H groups in total. The van der Waals surface area contributed by atoms with Gasteiger partial charge in [-0.3, -0.25) is 0 Å². The lowest BCUT2D eigenvalue weighted by Gasteiger charge is -2.31. The van der Waals surface area contributed by atoms with Crippen molar-refractivity contribution in [3.63, 3.8) is 0 Å². The summed E-state index contributed by atoms with van der Waals surface area (Å²) in [7, 11) is 0. The van der Waals surface area contributed by atoms with Gasteiger partial charge in [-0.05, 0) is 52.4 Å². The van der Waals surface area contributed by atoms with Gasteiger partial charge in [0.1, 0.15) is 0 Å². The Bertz CT molecular complexity index is 295. The molecule has 1 aromatic rings. The molecule has 0 saturated heterocycles. The molecule has 1 rings (SSSR count). The van der Waals surface area contributed by atoms with Crippen molar-refractivity contribution in [3.8, 4) is 0 Å². The van der Waals surface area contributed by atoms with Crippen LogP contribution in [0.2, 0.25) is 0 Å². The lowest BCUT2D eigenvalue weighted by molar-refractivity contribution is 0.229. The Balaban J connectivity index is 2.75. The second-order valence-corrected chi connectivity index (χ2v) is 6.94. The van der Waals surface area contributed by atoms with Crippen molar-refractivity contribution < 1.29 is 0 Å². The highest BCUT2D eigenvalue weighted by atomic mass is 79.9. The molecule has 1 atom stereocenters. The Labute approximate surface area is 98.8 Å². The quantitative estimate of drug-likeness (QED) is 0.892. The van der Waals surface area contributed by atoms with Crippen LogP contribution in [0, 0.1) is 11.3 Å². The van der Waals surface area contributed by atoms with Crippen molar-refractivity contribution in [2.24, 2.45) is 17.1 Å². The van der Waals surface area contributed by atoms with Gasteiger partial charge in [-0.1, -0.05) is 20.8 Å². The maximum atomic E-state index is 5.86. The molecule has 0 spiro atoms. The first kappa shape index (κ1) is 12.2. The molecule has 80 valence electrons. The predicted octanol–water partition coefficient (Wildman–Crippen LogP) is 3.67. The largest absolute Gasteiger partial charge is 0.330 e. The fraction of sp³-hybridized carbons (Fsp3) is 0.636. The minimum absolute atomic E-state index is 0.226. The molecular weight excluding hydrogens is 258 g/mol. The molecule has 0 aliphatic rings. The number of thiophene rings is 1. The zero-order valence-corrected chi connectivity index (χ0v) is 11.4. The fourth-order valence-electron chi connectivity index (χ4n) is 1.36. The summed E-state index contributed by atoms with van der Waals surface area (Å²) in [5.74, 6) is 0.619. The highest BCUT2D eigenvalue weighted by molar-refractivity contribution is 9.11. The molecule has 0 fully saturated rings. The van der Waals surface area contributed by atoms with Gasteiger partial charge in [0.2, 0.25) is 0 Å². The van der Waals surface area contributed by atoms with Gasteiger partial charge in [0, 0.05) is 4.88 Å². The van der Waals surface area contributed by atoms with Crippen LogP contribution in [0.15, 0.2) is 15.9 Å². The Kier molecular flexibility index (Phi) is 4.16. The normalized spacial score (nSPS) is 15.9. The topological polar surface area (TPSA) is 26.0 Å². The molecule has 0 aliphatic carbocycles. The molecule has 0 bridgehead atoms. The van der Waals surface area contributed by atoms with E-state index in [0.29, 0.717) is 5.92 Å². The molecule has 1 aromatic heterocycles. The zero-order chi connectivity index (χ0) is 10.8. The monoisotopic (exact) mass is 275 g/mol. The van der Waals surface area contributed by atoms with Gasteiger partial charge in [-0.15, -0.1) is 11.3 Å². The van der Waals surface area contributed by atoms with Crippen LogP contribution in [-0.4, -0.2) is 6.54 Å². The maximum absolute atomic E-state index is 5.86. The van der Waals surface area contributed by atoms with E-state index in [0.717, 1.165) is 13.0 Å². The van der Waals surface area contributed by atoms with E-state index in [1.54, 1.807) is 0 Å². The van der Waals surface area contributed by atoms with E-state index >= 15 is 0 Å². The summed E-state index contributed by atoms with van der Waals surface area (Å²) < 4.78 is 1.20. The van der Waals surface area contributed by atoms with E-state index in [2.05, 4.69) is 48.8 Å². The van der Waals surface area contributed by atoms with Gasteiger partial charge in [0.25, 0.3) is 0 Å².